The third-order valence-electron chi connectivity index (χ3n) is 0. The van der Waals surface area contributed by atoms with Crippen LogP contribution in [0.1, 0.15) is 0 Å². The van der Waals surface area contributed by atoms with Gasteiger partial charge in [0.05, 0.1) is 0 Å². The van der Waals surface area contributed by atoms with Crippen LogP contribution in [-0.4, -0.2) is 96.6 Å². The molecule has 0 aliphatic heterocycles. The van der Waals surface area contributed by atoms with E-state index in [4.69, 9.17) is 36.1 Å². The SMILES string of the molecule is [In+3].[In+3].[O]=[Ge]([O-])[O-].[O]=[Ge]([O-])[O-].[O]=[Ge]([O-])[O-]. The zero-order valence-corrected chi connectivity index (χ0v) is 19.2. The fourth-order valence-electron chi connectivity index (χ4n) is 0. The van der Waals surface area contributed by atoms with E-state index in [0.717, 1.165) is 0 Å². The van der Waals surface area contributed by atoms with E-state index in [1.165, 1.54) is 0 Å². The summed E-state index contributed by atoms with van der Waals surface area (Å²) in [6.07, 6.45) is 0. The molecule has 0 rings (SSSR count). The van der Waals surface area contributed by atoms with E-state index in [9.17, 15) is 0 Å². The van der Waals surface area contributed by atoms with Gasteiger partial charge in [0.2, 0.25) is 0 Å². The van der Waals surface area contributed by atoms with Crippen LogP contribution in [0.2, 0.25) is 0 Å². The normalized spacial score (nSPS) is 5.14. The minimum absolute atomic E-state index is 0. The van der Waals surface area contributed by atoms with E-state index in [0.29, 0.717) is 0 Å². The summed E-state index contributed by atoms with van der Waals surface area (Å²) in [7, 11) is 0. The molecule has 0 aromatic carbocycles. The Labute approximate surface area is 131 Å². The van der Waals surface area contributed by atoms with Crippen molar-refractivity contribution in [2.24, 2.45) is 0 Å². The number of rotatable bonds is 0. The average molecular weight is 591 g/mol. The van der Waals surface area contributed by atoms with Crippen molar-refractivity contribution >= 4 is 96.6 Å². The van der Waals surface area contributed by atoms with Gasteiger partial charge in [-0.15, -0.1) is 0 Å². The van der Waals surface area contributed by atoms with Gasteiger partial charge < -0.3 is 0 Å². The van der Waals surface area contributed by atoms with Crippen molar-refractivity contribution in [3.05, 3.63) is 0 Å². The van der Waals surface area contributed by atoms with Crippen LogP contribution in [0.4, 0.5) is 0 Å². The van der Waals surface area contributed by atoms with Crippen LogP contribution >= 0.6 is 0 Å². The molecular formula is Ge3In2O9. The molecule has 0 spiro atoms. The monoisotopic (exact) mass is 596 g/mol. The number of hydrogen-bond acceptors (Lipinski definition) is 9. The molecule has 0 fully saturated rings. The zero-order valence-electron chi connectivity index (χ0n) is 6.33. The maximum absolute atomic E-state index is 8.58. The minimum atomic E-state index is -4.08. The third kappa shape index (κ3) is 871. The van der Waals surface area contributed by atoms with Crippen molar-refractivity contribution in [1.29, 1.82) is 0 Å². The standard InChI is InChI=1S/3GeO3.2In/c3*2-1(3)4;;/q3*-2;2*+3. The van der Waals surface area contributed by atoms with Crippen LogP contribution < -0.4 is 24.8 Å². The predicted octanol–water partition coefficient (Wildman–Crippen LogP) is -9.39. The van der Waals surface area contributed by atoms with Crippen LogP contribution in [0.25, 0.3) is 0 Å². The molecule has 0 atom stereocenters. The maximum atomic E-state index is 8.58. The summed E-state index contributed by atoms with van der Waals surface area (Å²) in [5.74, 6) is 0. The molecule has 0 aromatic rings. The quantitative estimate of drug-likeness (QED) is 0.246. The predicted molar refractivity (Wildman–Crippen MR) is 30.8 cm³/mol. The molecule has 0 bridgehead atoms. The van der Waals surface area contributed by atoms with E-state index >= 15 is 0 Å². The molecule has 0 N–H and O–H groups in total. The molecule has 0 saturated heterocycles. The van der Waals surface area contributed by atoms with Crippen LogP contribution in [0.5, 0.6) is 0 Å². The summed E-state index contributed by atoms with van der Waals surface area (Å²) in [4.78, 5) is 0. The van der Waals surface area contributed by atoms with E-state index in [2.05, 4.69) is 0 Å². The van der Waals surface area contributed by atoms with E-state index < -0.39 is 44.9 Å². The first-order valence-corrected chi connectivity index (χ1v) is 9.55. The Morgan fingerprint density at radius 3 is 0.500 bits per heavy atom. The van der Waals surface area contributed by atoms with Gasteiger partial charge in [0.15, 0.2) is 0 Å². The molecule has 14 heteroatoms. The van der Waals surface area contributed by atoms with Gasteiger partial charge in [-0.1, -0.05) is 0 Å². The van der Waals surface area contributed by atoms with Gasteiger partial charge in [-0.25, -0.2) is 0 Å². The molecule has 0 amide bonds. The van der Waals surface area contributed by atoms with Crippen molar-refractivity contribution in [2.75, 3.05) is 0 Å². The first kappa shape index (κ1) is 29.6. The van der Waals surface area contributed by atoms with E-state index in [1.807, 2.05) is 0 Å². The summed E-state index contributed by atoms with van der Waals surface area (Å²) < 4.78 is 77.2. The Balaban J connectivity index is -0.0000000270. The second-order valence-electron chi connectivity index (χ2n) is 0.750. The third-order valence-corrected chi connectivity index (χ3v) is 0. The van der Waals surface area contributed by atoms with Crippen molar-refractivity contribution in [2.45, 2.75) is 0 Å². The molecule has 0 aliphatic carbocycles. The Bertz CT molecular complexity index is 116. The van der Waals surface area contributed by atoms with Crippen molar-refractivity contribution < 1.29 is 36.1 Å². The molecule has 0 heterocycles. The van der Waals surface area contributed by atoms with E-state index in [1.54, 1.807) is 0 Å². The Kier molecular flexibility index (Phi) is 50.7. The zero-order chi connectivity index (χ0) is 10.7. The summed E-state index contributed by atoms with van der Waals surface area (Å²) in [5, 5.41) is 0. The van der Waals surface area contributed by atoms with Gasteiger partial charge in [0.1, 0.15) is 0 Å². The second-order valence-corrected chi connectivity index (χ2v) is 3.90. The van der Waals surface area contributed by atoms with E-state index in [-0.39, 0.29) is 51.7 Å². The molecule has 14 heavy (non-hydrogen) atoms. The van der Waals surface area contributed by atoms with Gasteiger partial charge in [-0.05, 0) is 0 Å². The van der Waals surface area contributed by atoms with Gasteiger partial charge in [0, 0.05) is 0 Å². The molecule has 72 valence electrons. The summed E-state index contributed by atoms with van der Waals surface area (Å²) in [5.41, 5.74) is 0. The molecule has 9 nitrogen and oxygen atoms in total. The Morgan fingerprint density at radius 2 is 0.500 bits per heavy atom. The Hall–Kier alpha value is 1.57. The van der Waals surface area contributed by atoms with Crippen molar-refractivity contribution in [3.63, 3.8) is 0 Å². The van der Waals surface area contributed by atoms with Crippen LogP contribution in [0.3, 0.4) is 0 Å². The first-order valence-electron chi connectivity index (χ1n) is 1.84. The molecular weight excluding hydrogens is 591 g/mol. The fourth-order valence-corrected chi connectivity index (χ4v) is 0. The van der Waals surface area contributed by atoms with Crippen LogP contribution in [0, 0.1) is 0 Å². The Morgan fingerprint density at radius 1 is 0.500 bits per heavy atom. The van der Waals surface area contributed by atoms with Crippen molar-refractivity contribution in [1.82, 2.24) is 0 Å². The number of hydrogen-bond donors (Lipinski definition) is 0. The van der Waals surface area contributed by atoms with Crippen molar-refractivity contribution in [3.8, 4) is 0 Å². The van der Waals surface area contributed by atoms with Crippen LogP contribution in [0.15, 0.2) is 0 Å². The molecule has 0 saturated carbocycles. The van der Waals surface area contributed by atoms with Gasteiger partial charge >= 0.3 is 133 Å². The van der Waals surface area contributed by atoms with Crippen LogP contribution in [-0.2, 0) is 11.3 Å². The summed E-state index contributed by atoms with van der Waals surface area (Å²) in [6, 6.07) is 0. The first-order chi connectivity index (χ1) is 5.20. The summed E-state index contributed by atoms with van der Waals surface area (Å²) in [6.45, 7) is 0. The average Bonchev–Trinajstić information content (AvgIpc) is 1.54. The molecule has 0 aromatic heterocycles. The second kappa shape index (κ2) is 24.0. The summed E-state index contributed by atoms with van der Waals surface area (Å²) >= 11 is -12.2. The van der Waals surface area contributed by atoms with Gasteiger partial charge in [-0.2, -0.15) is 0 Å². The fraction of sp³-hybridized carbons (Fsp3) is 0. The van der Waals surface area contributed by atoms with Gasteiger partial charge in [-0.3, -0.25) is 0 Å². The molecule has 0 aliphatic rings. The topological polar surface area (TPSA) is 190 Å². The molecule has 0 radical (unpaired) electrons. The molecule has 0 unspecified atom stereocenters. The van der Waals surface area contributed by atoms with Gasteiger partial charge in [0.25, 0.3) is 0 Å².